The van der Waals surface area contributed by atoms with E-state index in [1.165, 1.54) is 12.1 Å². The van der Waals surface area contributed by atoms with Gasteiger partial charge in [-0.15, -0.1) is 0 Å². The van der Waals surface area contributed by atoms with Crippen LogP contribution in [0.1, 0.15) is 61.1 Å². The lowest BCUT2D eigenvalue weighted by atomic mass is 9.80. The average Bonchev–Trinajstić information content (AvgIpc) is 3.15. The third-order valence-corrected chi connectivity index (χ3v) is 6.92. The number of carbonyl (C=O) groups excluding carboxylic acids is 1. The Morgan fingerprint density at radius 2 is 1.90 bits per heavy atom. The molecule has 0 radical (unpaired) electrons. The first-order valence-electron chi connectivity index (χ1n) is 11.3. The Morgan fingerprint density at radius 1 is 1.16 bits per heavy atom. The maximum Gasteiger partial charge on any atom is 0.252 e. The second-order valence-electron chi connectivity index (χ2n) is 9.65. The minimum atomic E-state index is -0.357. The molecular formula is C26H33FN2O2. The fraction of sp³-hybridized carbons (Fsp3) is 0.500. The highest BCUT2D eigenvalue weighted by Gasteiger charge is 2.48. The predicted molar refractivity (Wildman–Crippen MR) is 121 cm³/mol. The monoisotopic (exact) mass is 424 g/mol. The van der Waals surface area contributed by atoms with Gasteiger partial charge in [0.2, 0.25) is 0 Å². The van der Waals surface area contributed by atoms with Gasteiger partial charge in [-0.1, -0.05) is 30.3 Å². The van der Waals surface area contributed by atoms with Crippen molar-refractivity contribution in [1.29, 1.82) is 0 Å². The number of halogens is 1. The van der Waals surface area contributed by atoms with Crippen LogP contribution in [0, 0.1) is 11.2 Å². The van der Waals surface area contributed by atoms with Crippen molar-refractivity contribution >= 4 is 5.91 Å². The van der Waals surface area contributed by atoms with Gasteiger partial charge in [-0.3, -0.25) is 9.69 Å². The number of carbonyl (C=O) groups is 1. The van der Waals surface area contributed by atoms with E-state index in [9.17, 15) is 9.18 Å². The number of hydrogen-bond donors (Lipinski definition) is 1. The molecule has 0 bridgehead atoms. The molecule has 0 spiro atoms. The van der Waals surface area contributed by atoms with Crippen LogP contribution in [0.5, 0.6) is 0 Å². The van der Waals surface area contributed by atoms with Crippen molar-refractivity contribution in [3.63, 3.8) is 0 Å². The molecule has 1 amide bonds. The highest BCUT2D eigenvalue weighted by molar-refractivity contribution is 5.97. The highest BCUT2D eigenvalue weighted by atomic mass is 19.1. The van der Waals surface area contributed by atoms with Crippen LogP contribution in [0.4, 0.5) is 4.39 Å². The molecule has 2 heterocycles. The Balaban J connectivity index is 1.57. The summed E-state index contributed by atoms with van der Waals surface area (Å²) in [6.45, 7) is 9.59. The normalized spacial score (nSPS) is 25.3. The van der Waals surface area contributed by atoms with Crippen LogP contribution in [-0.2, 0) is 11.2 Å². The van der Waals surface area contributed by atoms with E-state index < -0.39 is 0 Å². The minimum absolute atomic E-state index is 0.00735. The number of fused-ring (bicyclic) bond motifs is 1. The summed E-state index contributed by atoms with van der Waals surface area (Å²) < 4.78 is 19.2. The summed E-state index contributed by atoms with van der Waals surface area (Å²) in [7, 11) is 0. The topological polar surface area (TPSA) is 41.6 Å². The van der Waals surface area contributed by atoms with E-state index >= 15 is 0 Å². The molecule has 1 saturated heterocycles. The lowest BCUT2D eigenvalue weighted by Crippen LogP contribution is -2.57. The van der Waals surface area contributed by atoms with E-state index in [0.717, 1.165) is 55.6 Å². The van der Waals surface area contributed by atoms with Gasteiger partial charge in [0.25, 0.3) is 5.91 Å². The molecule has 4 rings (SSSR count). The van der Waals surface area contributed by atoms with Crippen molar-refractivity contribution in [2.75, 3.05) is 26.3 Å². The molecular weight excluding hydrogens is 391 g/mol. The van der Waals surface area contributed by atoms with Crippen molar-refractivity contribution in [3.8, 4) is 0 Å². The van der Waals surface area contributed by atoms with Gasteiger partial charge in [-0.05, 0) is 75.9 Å². The number of rotatable bonds is 7. The van der Waals surface area contributed by atoms with Crippen LogP contribution >= 0.6 is 0 Å². The van der Waals surface area contributed by atoms with Crippen LogP contribution in [0.2, 0.25) is 0 Å². The number of aryl methyl sites for hydroxylation is 1. The number of ether oxygens (including phenoxy) is 1. The summed E-state index contributed by atoms with van der Waals surface area (Å²) in [6, 6.07) is 14.9. The molecule has 2 atom stereocenters. The fourth-order valence-electron chi connectivity index (χ4n) is 5.38. The molecule has 31 heavy (non-hydrogen) atoms. The Labute approximate surface area is 184 Å². The lowest BCUT2D eigenvalue weighted by Gasteiger charge is -2.45. The van der Waals surface area contributed by atoms with E-state index in [0.29, 0.717) is 6.61 Å². The first kappa shape index (κ1) is 22.0. The molecule has 1 unspecified atom stereocenters. The lowest BCUT2D eigenvalue weighted by molar-refractivity contribution is 0.0377. The van der Waals surface area contributed by atoms with Crippen molar-refractivity contribution in [3.05, 3.63) is 71.0 Å². The number of nitrogens with one attached hydrogen (secondary N) is 1. The first-order valence-corrected chi connectivity index (χ1v) is 11.3. The van der Waals surface area contributed by atoms with E-state index in [1.807, 2.05) is 37.3 Å². The summed E-state index contributed by atoms with van der Waals surface area (Å²) in [6.07, 6.45) is 2.95. The Kier molecular flexibility index (Phi) is 6.18. The van der Waals surface area contributed by atoms with Crippen LogP contribution in [0.25, 0.3) is 0 Å². The SMILES string of the molecule is CCOC[C@]1(CCc2ccc(F)cc2)CCN(C2c3ccccc3C(=O)NC2(C)C)C1. The molecule has 0 saturated carbocycles. The van der Waals surface area contributed by atoms with Gasteiger partial charge in [-0.25, -0.2) is 4.39 Å². The molecule has 2 aromatic carbocycles. The van der Waals surface area contributed by atoms with Crippen molar-refractivity contribution < 1.29 is 13.9 Å². The summed E-state index contributed by atoms with van der Waals surface area (Å²) >= 11 is 0. The van der Waals surface area contributed by atoms with E-state index in [-0.39, 0.29) is 28.7 Å². The molecule has 166 valence electrons. The predicted octanol–water partition coefficient (Wildman–Crippen LogP) is 4.75. The summed E-state index contributed by atoms with van der Waals surface area (Å²) in [5, 5.41) is 3.23. The Bertz CT molecular complexity index is 927. The Morgan fingerprint density at radius 3 is 2.65 bits per heavy atom. The average molecular weight is 425 g/mol. The standard InChI is InChI=1S/C26H33FN2O2/c1-4-31-18-26(14-13-19-9-11-20(27)12-10-19)15-16-29(17-26)23-21-7-5-6-8-22(21)24(30)28-25(23,2)3/h5-12,23H,4,13-18H2,1-3H3,(H,28,30)/t23?,26-/m1/s1. The first-order chi connectivity index (χ1) is 14.8. The van der Waals surface area contributed by atoms with Gasteiger partial charge in [0, 0.05) is 24.1 Å². The molecule has 2 aliphatic heterocycles. The molecule has 2 aromatic rings. The summed E-state index contributed by atoms with van der Waals surface area (Å²) in [5.41, 5.74) is 2.75. The van der Waals surface area contributed by atoms with Crippen molar-refractivity contribution in [2.24, 2.45) is 5.41 Å². The minimum Gasteiger partial charge on any atom is -0.381 e. The van der Waals surface area contributed by atoms with E-state index in [4.69, 9.17) is 4.74 Å². The van der Waals surface area contributed by atoms with Gasteiger partial charge in [0.1, 0.15) is 5.82 Å². The largest absolute Gasteiger partial charge is 0.381 e. The number of likely N-dealkylation sites (tertiary alicyclic amines) is 1. The van der Waals surface area contributed by atoms with Crippen molar-refractivity contribution in [2.45, 2.75) is 51.6 Å². The summed E-state index contributed by atoms with van der Waals surface area (Å²) in [4.78, 5) is 15.2. The third kappa shape index (κ3) is 4.53. The fourth-order valence-corrected chi connectivity index (χ4v) is 5.38. The quantitative estimate of drug-likeness (QED) is 0.697. The van der Waals surface area contributed by atoms with E-state index in [1.54, 1.807) is 0 Å². The number of nitrogens with zero attached hydrogens (tertiary/aromatic N) is 1. The highest BCUT2D eigenvalue weighted by Crippen LogP contribution is 2.44. The van der Waals surface area contributed by atoms with Gasteiger partial charge >= 0.3 is 0 Å². The Hall–Kier alpha value is -2.24. The molecule has 0 aliphatic carbocycles. The van der Waals surface area contributed by atoms with Crippen LogP contribution in [0.3, 0.4) is 0 Å². The molecule has 2 aliphatic rings. The van der Waals surface area contributed by atoms with Crippen LogP contribution in [-0.4, -0.2) is 42.6 Å². The van der Waals surface area contributed by atoms with Crippen LogP contribution < -0.4 is 5.32 Å². The third-order valence-electron chi connectivity index (χ3n) is 6.92. The van der Waals surface area contributed by atoms with Gasteiger partial charge in [0.15, 0.2) is 0 Å². The molecule has 5 heteroatoms. The smallest absolute Gasteiger partial charge is 0.252 e. The molecule has 1 fully saturated rings. The van der Waals surface area contributed by atoms with Crippen molar-refractivity contribution in [1.82, 2.24) is 10.2 Å². The maximum atomic E-state index is 13.3. The molecule has 1 N–H and O–H groups in total. The van der Waals surface area contributed by atoms with Gasteiger partial charge in [0.05, 0.1) is 18.2 Å². The zero-order chi connectivity index (χ0) is 22.1. The second kappa shape index (κ2) is 8.71. The van der Waals surface area contributed by atoms with Crippen LogP contribution in [0.15, 0.2) is 48.5 Å². The summed E-state index contributed by atoms with van der Waals surface area (Å²) in [5.74, 6) is -0.187. The second-order valence-corrected chi connectivity index (χ2v) is 9.65. The van der Waals surface area contributed by atoms with E-state index in [2.05, 4.69) is 30.1 Å². The van der Waals surface area contributed by atoms with Gasteiger partial charge < -0.3 is 10.1 Å². The maximum absolute atomic E-state index is 13.3. The molecule has 4 nitrogen and oxygen atoms in total. The zero-order valence-corrected chi connectivity index (χ0v) is 18.8. The number of amides is 1. The number of benzene rings is 2. The number of hydrogen-bond acceptors (Lipinski definition) is 3. The zero-order valence-electron chi connectivity index (χ0n) is 18.8. The van der Waals surface area contributed by atoms with Gasteiger partial charge in [-0.2, -0.15) is 0 Å². The molecule has 0 aromatic heterocycles.